The molecule has 7 atom stereocenters. The monoisotopic (exact) mass is 1010 g/mol. The number of aromatic nitrogens is 3. The van der Waals surface area contributed by atoms with Crippen LogP contribution in [0.4, 0.5) is 22.7 Å². The summed E-state index contributed by atoms with van der Waals surface area (Å²) in [6, 6.07) is 22.0. The Kier molecular flexibility index (Phi) is 18.6. The molecule has 25 heteroatoms. The molecule has 0 bridgehead atoms. The third-order valence-corrected chi connectivity index (χ3v) is 12.0. The first kappa shape index (κ1) is 53.8. The van der Waals surface area contributed by atoms with Crippen LogP contribution in [-0.4, -0.2) is 162 Å². The molecule has 71 heavy (non-hydrogen) atoms. The Hall–Kier alpha value is -6.52. The molecule has 0 saturated carbocycles. The van der Waals surface area contributed by atoms with Crippen molar-refractivity contribution in [2.45, 2.75) is 74.4 Å². The minimum absolute atomic E-state index is 0.0790. The molecule has 6 rings (SSSR count). The van der Waals surface area contributed by atoms with Crippen molar-refractivity contribution < 1.29 is 66.7 Å². The molecule has 0 aliphatic carbocycles. The maximum absolute atomic E-state index is 13.6. The van der Waals surface area contributed by atoms with Gasteiger partial charge in [-0.25, -0.2) is 4.68 Å². The lowest BCUT2D eigenvalue weighted by atomic mass is 9.96. The average molecular weight is 1010 g/mol. The number of amides is 3. The summed E-state index contributed by atoms with van der Waals surface area (Å²) in [5, 5.41) is 71.2. The molecule has 0 unspecified atom stereocenters. The first-order chi connectivity index (χ1) is 33.8. The van der Waals surface area contributed by atoms with E-state index in [4.69, 9.17) is 18.9 Å². The molecule has 0 spiro atoms. The lowest BCUT2D eigenvalue weighted by Gasteiger charge is -2.44. The number of benzene rings is 4. The third-order valence-electron chi connectivity index (χ3n) is 11.1. The van der Waals surface area contributed by atoms with E-state index in [0.29, 0.717) is 33.7 Å². The molecule has 3 amide bonds. The van der Waals surface area contributed by atoms with Crippen LogP contribution < -0.4 is 26.2 Å². The minimum atomic E-state index is -4.51. The predicted molar refractivity (Wildman–Crippen MR) is 255 cm³/mol. The van der Waals surface area contributed by atoms with Crippen LogP contribution in [0.3, 0.4) is 0 Å². The molecule has 4 aromatic carbocycles. The Morgan fingerprint density at radius 2 is 1.58 bits per heavy atom. The molecule has 1 aliphatic rings. The van der Waals surface area contributed by atoms with Gasteiger partial charge in [-0.3, -0.25) is 18.9 Å². The molecule has 24 nitrogen and oxygen atoms in total. The van der Waals surface area contributed by atoms with E-state index < -0.39 is 71.1 Å². The Morgan fingerprint density at radius 1 is 0.901 bits per heavy atom. The fourth-order valence-electron chi connectivity index (χ4n) is 7.25. The number of anilines is 2. The van der Waals surface area contributed by atoms with Crippen molar-refractivity contribution in [1.29, 1.82) is 0 Å². The second-order valence-electron chi connectivity index (χ2n) is 16.7. The van der Waals surface area contributed by atoms with Gasteiger partial charge in [0, 0.05) is 61.8 Å². The number of aliphatic hydroxyl groups is 4. The van der Waals surface area contributed by atoms with Gasteiger partial charge in [-0.2, -0.15) is 18.6 Å². The van der Waals surface area contributed by atoms with Gasteiger partial charge in [0.1, 0.15) is 34.9 Å². The first-order valence-electron chi connectivity index (χ1n) is 22.3. The number of carbonyl (C=O) groups is 3. The quantitative estimate of drug-likeness (QED) is 0.0183. The zero-order valence-electron chi connectivity index (χ0n) is 39.3. The summed E-state index contributed by atoms with van der Waals surface area (Å²) < 4.78 is 58.2. The van der Waals surface area contributed by atoms with Crippen LogP contribution in [0.1, 0.15) is 29.9 Å². The van der Waals surface area contributed by atoms with E-state index in [9.17, 15) is 47.8 Å². The van der Waals surface area contributed by atoms with Crippen LogP contribution >= 0.6 is 0 Å². The van der Waals surface area contributed by atoms with Gasteiger partial charge in [0.25, 0.3) is 21.9 Å². The van der Waals surface area contributed by atoms with E-state index in [2.05, 4.69) is 41.8 Å². The molecule has 1 fully saturated rings. The summed E-state index contributed by atoms with van der Waals surface area (Å²) >= 11 is 0. The largest absolute Gasteiger partial charge is 0.394 e. The standard InChI is InChI=1S/C46H58N10O14S/c1-28(58)50-39-41(60)40(59)37(27-57)69-43(39)70-45(46(2,63)44(62)48-20-19-47-36-9-5-8-35-34(36)7-6-10-38(35)71(64,65)66)68-24-23-67-22-21-56-26-32(53-54-56)25-49-42(61)29-11-13-30(14-12-29)51-52-31-15-17-33(18-16-31)55(3)4/h5-18,26,37,39-41,43,45,47,57,59-60,63H,19-25,27H2,1-4H3,(H,48,62)(H,49,61)(H,50,58)(H,64,65,66)/t37-,39-,40-,41-,43+,45-,46+/m1/s1. The second-order valence-corrected chi connectivity index (χ2v) is 18.0. The summed E-state index contributed by atoms with van der Waals surface area (Å²) in [6.07, 6.45) is -6.64. The number of nitrogens with zero attached hydrogens (tertiary/aromatic N) is 6. The van der Waals surface area contributed by atoms with E-state index >= 15 is 0 Å². The number of hydrogen-bond donors (Lipinski definition) is 9. The number of aliphatic hydroxyl groups excluding tert-OH is 3. The number of nitrogens with one attached hydrogen (secondary N) is 4. The fourth-order valence-corrected chi connectivity index (χ4v) is 7.96. The second kappa shape index (κ2) is 24.5. The van der Waals surface area contributed by atoms with E-state index in [1.165, 1.54) is 22.9 Å². The van der Waals surface area contributed by atoms with Crippen molar-refractivity contribution in [3.05, 3.63) is 102 Å². The van der Waals surface area contributed by atoms with Crippen LogP contribution in [0.5, 0.6) is 0 Å². The number of azo groups is 1. The Labute approximate surface area is 408 Å². The highest BCUT2D eigenvalue weighted by atomic mass is 32.2. The highest BCUT2D eigenvalue weighted by Crippen LogP contribution is 2.30. The van der Waals surface area contributed by atoms with Crippen LogP contribution in [-0.2, 0) is 51.7 Å². The molecule has 5 aromatic rings. The smallest absolute Gasteiger partial charge is 0.295 e. The lowest BCUT2D eigenvalue weighted by molar-refractivity contribution is -0.336. The summed E-state index contributed by atoms with van der Waals surface area (Å²) in [5.41, 5.74) is 1.20. The third kappa shape index (κ3) is 14.5. The van der Waals surface area contributed by atoms with Gasteiger partial charge < -0.3 is 65.5 Å². The van der Waals surface area contributed by atoms with E-state index in [1.54, 1.807) is 48.7 Å². The fraction of sp³-hybridized carbons (Fsp3) is 0.413. The summed E-state index contributed by atoms with van der Waals surface area (Å²) in [4.78, 5) is 40.3. The number of carbonyl (C=O) groups excluding carboxylic acids is 3. The summed E-state index contributed by atoms with van der Waals surface area (Å²) in [7, 11) is -0.611. The zero-order valence-corrected chi connectivity index (χ0v) is 40.1. The van der Waals surface area contributed by atoms with Gasteiger partial charge >= 0.3 is 0 Å². The molecular formula is C46H58N10O14S. The molecule has 1 saturated heterocycles. The Balaban J connectivity index is 1.00. The molecule has 1 aliphatic heterocycles. The normalized spacial score (nSPS) is 19.5. The van der Waals surface area contributed by atoms with E-state index in [-0.39, 0.29) is 62.2 Å². The number of ether oxygens (including phenoxy) is 4. The highest BCUT2D eigenvalue weighted by Gasteiger charge is 2.50. The zero-order chi connectivity index (χ0) is 51.3. The van der Waals surface area contributed by atoms with Crippen molar-refractivity contribution in [3.63, 3.8) is 0 Å². The van der Waals surface area contributed by atoms with Crippen LogP contribution in [0.2, 0.25) is 0 Å². The maximum Gasteiger partial charge on any atom is 0.295 e. The van der Waals surface area contributed by atoms with Gasteiger partial charge in [0.2, 0.25) is 5.91 Å². The van der Waals surface area contributed by atoms with Crippen molar-refractivity contribution >= 4 is 61.4 Å². The highest BCUT2D eigenvalue weighted by molar-refractivity contribution is 7.86. The van der Waals surface area contributed by atoms with Crippen molar-refractivity contribution in [1.82, 2.24) is 30.9 Å². The van der Waals surface area contributed by atoms with Crippen LogP contribution in [0.25, 0.3) is 10.8 Å². The molecule has 9 N–H and O–H groups in total. The average Bonchev–Trinajstić information content (AvgIpc) is 3.81. The summed E-state index contributed by atoms with van der Waals surface area (Å²) in [6.45, 7) is 1.52. The SMILES string of the molecule is CC(=O)N[C@H]1[C@H](O[C@@H](OCCOCCn2cc(CNC(=O)c3ccc(N=Nc4ccc(N(C)C)cc4)cc3)nn2)[C@@](C)(O)C(=O)NCCNc2cccc3c(S(=O)(=O)O)cccc23)O[C@H](CO)[C@@H](O)[C@@H]1O. The minimum Gasteiger partial charge on any atom is -0.394 e. The first-order valence-corrected chi connectivity index (χ1v) is 23.7. The van der Waals surface area contributed by atoms with Crippen molar-refractivity contribution in [2.75, 3.05) is 63.8 Å². The number of hydrogen-bond acceptors (Lipinski definition) is 19. The van der Waals surface area contributed by atoms with Gasteiger partial charge in [-0.05, 0) is 67.6 Å². The van der Waals surface area contributed by atoms with Gasteiger partial charge in [-0.1, -0.05) is 29.5 Å². The number of rotatable bonds is 24. The lowest BCUT2D eigenvalue weighted by Crippen LogP contribution is -2.66. The van der Waals surface area contributed by atoms with E-state index in [1.807, 2.05) is 43.3 Å². The topological polar surface area (TPSA) is 330 Å². The number of fused-ring (bicyclic) bond motifs is 1. The molecule has 382 valence electrons. The Morgan fingerprint density at radius 3 is 2.24 bits per heavy atom. The van der Waals surface area contributed by atoms with E-state index in [0.717, 1.165) is 19.5 Å². The molecule has 0 radical (unpaired) electrons. The molecular weight excluding hydrogens is 949 g/mol. The molecule has 2 heterocycles. The maximum atomic E-state index is 13.6. The van der Waals surface area contributed by atoms with Gasteiger partial charge in [0.15, 0.2) is 18.2 Å². The van der Waals surface area contributed by atoms with Crippen molar-refractivity contribution in [3.8, 4) is 0 Å². The van der Waals surface area contributed by atoms with Gasteiger partial charge in [-0.15, -0.1) is 5.10 Å². The van der Waals surface area contributed by atoms with Crippen molar-refractivity contribution in [2.24, 2.45) is 10.2 Å². The molecule has 1 aromatic heterocycles. The Bertz CT molecular complexity index is 2720. The van der Waals surface area contributed by atoms with Gasteiger partial charge in [0.05, 0.1) is 57.1 Å². The van der Waals surface area contributed by atoms with Crippen LogP contribution in [0.15, 0.2) is 106 Å². The summed E-state index contributed by atoms with van der Waals surface area (Å²) in [5.74, 6) is -1.96. The predicted octanol–water partition coefficient (Wildman–Crippen LogP) is 1.39. The van der Waals surface area contributed by atoms with Crippen LogP contribution in [0, 0.1) is 0 Å².